The molecule has 0 radical (unpaired) electrons. The first kappa shape index (κ1) is 15.2. The first-order valence-electron chi connectivity index (χ1n) is 7.92. The molecular weight excluding hydrogens is 322 g/mol. The Bertz CT molecular complexity index is 855. The quantitative estimate of drug-likeness (QED) is 0.532. The van der Waals surface area contributed by atoms with Crippen molar-refractivity contribution in [3.63, 3.8) is 0 Å². The molecule has 3 aromatic rings. The average molecular weight is 341 g/mol. The molecule has 0 bridgehead atoms. The van der Waals surface area contributed by atoms with Gasteiger partial charge < -0.3 is 9.80 Å². The van der Waals surface area contributed by atoms with Crippen LogP contribution in [0.25, 0.3) is 5.52 Å². The highest BCUT2D eigenvalue weighted by atomic mass is 32.2. The number of thioether (sulfide) groups is 1. The van der Waals surface area contributed by atoms with Crippen molar-refractivity contribution in [1.29, 1.82) is 0 Å². The number of aromatic nitrogens is 5. The first-order chi connectivity index (χ1) is 11.8. The van der Waals surface area contributed by atoms with Crippen LogP contribution in [-0.4, -0.2) is 57.0 Å². The maximum atomic E-state index is 4.68. The summed E-state index contributed by atoms with van der Waals surface area (Å²) < 4.78 is 1.87. The van der Waals surface area contributed by atoms with E-state index >= 15 is 0 Å². The summed E-state index contributed by atoms with van der Waals surface area (Å²) in [6.45, 7) is 5.73. The molecule has 0 N–H and O–H groups in total. The molecule has 1 fully saturated rings. The zero-order chi connectivity index (χ0) is 16.5. The average Bonchev–Trinajstić information content (AvgIpc) is 3.11. The number of anilines is 2. The lowest BCUT2D eigenvalue weighted by atomic mass is 10.2. The van der Waals surface area contributed by atoms with E-state index in [-0.39, 0.29) is 0 Å². The molecule has 124 valence electrons. The molecule has 3 aromatic heterocycles. The number of piperazine rings is 1. The zero-order valence-electron chi connectivity index (χ0n) is 13.8. The van der Waals surface area contributed by atoms with Crippen molar-refractivity contribution in [2.24, 2.45) is 0 Å². The highest BCUT2D eigenvalue weighted by Gasteiger charge is 2.22. The molecule has 0 spiro atoms. The summed E-state index contributed by atoms with van der Waals surface area (Å²) in [4.78, 5) is 18.2. The number of hydrogen-bond acceptors (Lipinski definition) is 7. The molecule has 4 heterocycles. The minimum atomic E-state index is 0.823. The van der Waals surface area contributed by atoms with Gasteiger partial charge in [0.2, 0.25) is 0 Å². The zero-order valence-corrected chi connectivity index (χ0v) is 14.6. The van der Waals surface area contributed by atoms with E-state index in [1.807, 2.05) is 35.4 Å². The number of hydrogen-bond donors (Lipinski definition) is 0. The van der Waals surface area contributed by atoms with Gasteiger partial charge in [-0.3, -0.25) is 0 Å². The van der Waals surface area contributed by atoms with Gasteiger partial charge in [-0.1, -0.05) is 11.8 Å². The van der Waals surface area contributed by atoms with Gasteiger partial charge in [-0.2, -0.15) is 5.10 Å². The Morgan fingerprint density at radius 2 is 1.75 bits per heavy atom. The van der Waals surface area contributed by atoms with Crippen molar-refractivity contribution in [2.75, 3.05) is 42.2 Å². The SMILES string of the molecule is CSc1ncc(C)c(N2CCN(c3nccn4nccc34)CC2)n1. The smallest absolute Gasteiger partial charge is 0.189 e. The summed E-state index contributed by atoms with van der Waals surface area (Å²) in [6, 6.07) is 2.01. The van der Waals surface area contributed by atoms with Crippen LogP contribution < -0.4 is 9.80 Å². The fourth-order valence-corrected chi connectivity index (χ4v) is 3.39. The van der Waals surface area contributed by atoms with Gasteiger partial charge in [0.25, 0.3) is 0 Å². The van der Waals surface area contributed by atoms with Gasteiger partial charge in [0.15, 0.2) is 11.0 Å². The maximum absolute atomic E-state index is 4.68. The second-order valence-electron chi connectivity index (χ2n) is 5.75. The van der Waals surface area contributed by atoms with Gasteiger partial charge in [0.1, 0.15) is 11.3 Å². The molecule has 7 nitrogen and oxygen atoms in total. The van der Waals surface area contributed by atoms with E-state index in [1.165, 1.54) is 0 Å². The van der Waals surface area contributed by atoms with Crippen molar-refractivity contribution >= 4 is 28.9 Å². The second-order valence-corrected chi connectivity index (χ2v) is 6.52. The summed E-state index contributed by atoms with van der Waals surface area (Å²) in [5.41, 5.74) is 2.17. The second kappa shape index (κ2) is 6.27. The van der Waals surface area contributed by atoms with Gasteiger partial charge >= 0.3 is 0 Å². The molecule has 1 aliphatic rings. The molecule has 1 aliphatic heterocycles. The lowest BCUT2D eigenvalue weighted by Crippen LogP contribution is -2.47. The molecule has 0 amide bonds. The highest BCUT2D eigenvalue weighted by Crippen LogP contribution is 2.24. The van der Waals surface area contributed by atoms with Crippen molar-refractivity contribution < 1.29 is 0 Å². The third-order valence-corrected chi connectivity index (χ3v) is 4.85. The van der Waals surface area contributed by atoms with Gasteiger partial charge in [0, 0.05) is 50.3 Å². The molecule has 0 atom stereocenters. The maximum Gasteiger partial charge on any atom is 0.189 e. The molecule has 0 aliphatic carbocycles. The lowest BCUT2D eigenvalue weighted by Gasteiger charge is -2.36. The number of nitrogens with zero attached hydrogens (tertiary/aromatic N) is 7. The van der Waals surface area contributed by atoms with Gasteiger partial charge in [0.05, 0.1) is 6.20 Å². The molecule has 0 saturated carbocycles. The van der Waals surface area contributed by atoms with E-state index in [0.717, 1.165) is 54.1 Å². The number of fused-ring (bicyclic) bond motifs is 1. The fraction of sp³-hybridized carbons (Fsp3) is 0.375. The van der Waals surface area contributed by atoms with Crippen LogP contribution in [0.2, 0.25) is 0 Å². The Labute approximate surface area is 144 Å². The Morgan fingerprint density at radius 3 is 2.50 bits per heavy atom. The summed E-state index contributed by atoms with van der Waals surface area (Å²) in [5.74, 6) is 2.04. The van der Waals surface area contributed by atoms with E-state index in [4.69, 9.17) is 0 Å². The molecular formula is C16H19N7S. The predicted octanol–water partition coefficient (Wildman–Crippen LogP) is 1.88. The molecule has 4 rings (SSSR count). The summed E-state index contributed by atoms with van der Waals surface area (Å²) >= 11 is 1.58. The molecule has 1 saturated heterocycles. The Kier molecular flexibility index (Phi) is 3.97. The lowest BCUT2D eigenvalue weighted by molar-refractivity contribution is 0.636. The molecule has 0 unspecified atom stereocenters. The van der Waals surface area contributed by atoms with Gasteiger partial charge in [-0.25, -0.2) is 19.5 Å². The van der Waals surface area contributed by atoms with Crippen LogP contribution in [0.15, 0.2) is 36.0 Å². The van der Waals surface area contributed by atoms with Crippen LogP contribution >= 0.6 is 11.8 Å². The minimum absolute atomic E-state index is 0.823. The predicted molar refractivity (Wildman–Crippen MR) is 96.0 cm³/mol. The van der Waals surface area contributed by atoms with Crippen molar-refractivity contribution in [2.45, 2.75) is 12.1 Å². The van der Waals surface area contributed by atoms with Gasteiger partial charge in [-0.15, -0.1) is 0 Å². The van der Waals surface area contributed by atoms with Crippen LogP contribution in [0, 0.1) is 6.92 Å². The number of aryl methyl sites for hydroxylation is 1. The molecule has 8 heteroatoms. The Hall–Kier alpha value is -2.35. The van der Waals surface area contributed by atoms with Crippen molar-refractivity contribution in [3.05, 3.63) is 36.4 Å². The van der Waals surface area contributed by atoms with Crippen LogP contribution in [0.1, 0.15) is 5.56 Å². The monoisotopic (exact) mass is 341 g/mol. The normalized spacial score (nSPS) is 15.2. The van der Waals surface area contributed by atoms with E-state index in [1.54, 1.807) is 18.0 Å². The summed E-state index contributed by atoms with van der Waals surface area (Å²) in [7, 11) is 0. The fourth-order valence-electron chi connectivity index (χ4n) is 3.05. The van der Waals surface area contributed by atoms with E-state index < -0.39 is 0 Å². The summed E-state index contributed by atoms with van der Waals surface area (Å²) in [5, 5.41) is 5.11. The first-order valence-corrected chi connectivity index (χ1v) is 9.14. The minimum Gasteiger partial charge on any atom is -0.353 e. The largest absolute Gasteiger partial charge is 0.353 e. The topological polar surface area (TPSA) is 62.5 Å². The number of rotatable bonds is 3. The standard InChI is InChI=1S/C16H19N7S/c1-12-11-18-16(24-2)20-14(12)21-7-9-22(10-8-21)15-13-3-4-19-23(13)6-5-17-15/h3-6,11H,7-10H2,1-2H3. The van der Waals surface area contributed by atoms with E-state index in [0.29, 0.717) is 0 Å². The third-order valence-electron chi connectivity index (χ3n) is 4.29. The van der Waals surface area contributed by atoms with Crippen LogP contribution in [0.5, 0.6) is 0 Å². The molecule has 24 heavy (non-hydrogen) atoms. The van der Waals surface area contributed by atoms with E-state index in [9.17, 15) is 0 Å². The Balaban J connectivity index is 1.54. The third kappa shape index (κ3) is 2.66. The van der Waals surface area contributed by atoms with Gasteiger partial charge in [-0.05, 0) is 19.2 Å². The summed E-state index contributed by atoms with van der Waals surface area (Å²) in [6.07, 6.45) is 9.41. The van der Waals surface area contributed by atoms with Crippen LogP contribution in [-0.2, 0) is 0 Å². The van der Waals surface area contributed by atoms with E-state index in [2.05, 4.69) is 36.8 Å². The van der Waals surface area contributed by atoms with Crippen LogP contribution in [0.3, 0.4) is 0 Å². The van der Waals surface area contributed by atoms with Crippen LogP contribution in [0.4, 0.5) is 11.6 Å². The molecule has 0 aromatic carbocycles. The Morgan fingerprint density at radius 1 is 1.00 bits per heavy atom. The highest BCUT2D eigenvalue weighted by molar-refractivity contribution is 7.98. The van der Waals surface area contributed by atoms with Crippen molar-refractivity contribution in [3.8, 4) is 0 Å². The van der Waals surface area contributed by atoms with Crippen molar-refractivity contribution in [1.82, 2.24) is 24.6 Å².